The summed E-state index contributed by atoms with van der Waals surface area (Å²) >= 11 is 0. The smallest absolute Gasteiger partial charge is 0.314 e. The summed E-state index contributed by atoms with van der Waals surface area (Å²) < 4.78 is 10.5. The van der Waals surface area contributed by atoms with Crippen molar-refractivity contribution in [3.63, 3.8) is 0 Å². The van der Waals surface area contributed by atoms with Crippen molar-refractivity contribution in [1.82, 2.24) is 0 Å². The molecule has 0 saturated carbocycles. The lowest BCUT2D eigenvalue weighted by Gasteiger charge is -2.21. The minimum atomic E-state index is -0.649. The molecule has 0 spiro atoms. The highest BCUT2D eigenvalue weighted by molar-refractivity contribution is 5.75. The van der Waals surface area contributed by atoms with E-state index in [1.165, 1.54) is 18.2 Å². The number of carbonyl (C=O) groups is 1. The standard InChI is InChI=1S/C15H21NO3/c1-15(2,14(17)18-3)9-19-11-5-6-12-10(8-11)4-7-13(12)16/h5-6,8,13H,4,7,9,16H2,1-3H3/t13-/m0/s1. The van der Waals surface area contributed by atoms with Crippen molar-refractivity contribution in [3.05, 3.63) is 29.3 Å². The zero-order chi connectivity index (χ0) is 14.0. The van der Waals surface area contributed by atoms with Crippen molar-refractivity contribution in [2.45, 2.75) is 32.7 Å². The fourth-order valence-electron chi connectivity index (χ4n) is 2.32. The first-order valence-electron chi connectivity index (χ1n) is 6.53. The van der Waals surface area contributed by atoms with Gasteiger partial charge in [-0.2, -0.15) is 0 Å². The Labute approximate surface area is 113 Å². The van der Waals surface area contributed by atoms with Gasteiger partial charge in [0.1, 0.15) is 12.4 Å². The van der Waals surface area contributed by atoms with E-state index in [2.05, 4.69) is 0 Å². The molecule has 1 aromatic rings. The molecule has 19 heavy (non-hydrogen) atoms. The van der Waals surface area contributed by atoms with Crippen molar-refractivity contribution in [2.75, 3.05) is 13.7 Å². The van der Waals surface area contributed by atoms with Crippen LogP contribution in [0.3, 0.4) is 0 Å². The SMILES string of the molecule is COC(=O)C(C)(C)COc1ccc2c(c1)CC[C@@H]2N. The first-order chi connectivity index (χ1) is 8.94. The predicted octanol–water partition coefficient (Wildman–Crippen LogP) is 2.21. The molecule has 0 amide bonds. The van der Waals surface area contributed by atoms with Crippen LogP contribution in [0.1, 0.15) is 37.4 Å². The number of esters is 1. The third-order valence-corrected chi connectivity index (χ3v) is 3.58. The number of aryl methyl sites for hydroxylation is 1. The lowest BCUT2D eigenvalue weighted by Crippen LogP contribution is -2.32. The fraction of sp³-hybridized carbons (Fsp3) is 0.533. The number of hydrogen-bond donors (Lipinski definition) is 1. The molecule has 0 heterocycles. The Bertz CT molecular complexity index is 482. The molecule has 0 aromatic heterocycles. The van der Waals surface area contributed by atoms with E-state index in [1.54, 1.807) is 0 Å². The van der Waals surface area contributed by atoms with Gasteiger partial charge in [-0.05, 0) is 49.9 Å². The van der Waals surface area contributed by atoms with Gasteiger partial charge in [0.05, 0.1) is 12.5 Å². The normalized spacial score (nSPS) is 18.0. The van der Waals surface area contributed by atoms with Gasteiger partial charge in [-0.1, -0.05) is 6.07 Å². The lowest BCUT2D eigenvalue weighted by molar-refractivity contribution is -0.152. The molecular weight excluding hydrogens is 242 g/mol. The number of carbonyl (C=O) groups excluding carboxylic acids is 1. The molecule has 1 atom stereocenters. The number of rotatable bonds is 4. The maximum Gasteiger partial charge on any atom is 0.314 e. The molecule has 4 nitrogen and oxygen atoms in total. The highest BCUT2D eigenvalue weighted by Gasteiger charge is 2.30. The van der Waals surface area contributed by atoms with Crippen molar-refractivity contribution in [2.24, 2.45) is 11.1 Å². The Morgan fingerprint density at radius 1 is 1.47 bits per heavy atom. The molecule has 0 saturated heterocycles. The molecule has 1 aliphatic rings. The van der Waals surface area contributed by atoms with Crippen molar-refractivity contribution >= 4 is 5.97 Å². The van der Waals surface area contributed by atoms with Crippen LogP contribution in [-0.2, 0) is 16.0 Å². The van der Waals surface area contributed by atoms with E-state index in [4.69, 9.17) is 15.2 Å². The summed E-state index contributed by atoms with van der Waals surface area (Å²) in [6, 6.07) is 6.11. The second-order valence-electron chi connectivity index (χ2n) is 5.67. The van der Waals surface area contributed by atoms with E-state index in [-0.39, 0.29) is 12.0 Å². The highest BCUT2D eigenvalue weighted by atomic mass is 16.5. The maximum atomic E-state index is 11.6. The highest BCUT2D eigenvalue weighted by Crippen LogP contribution is 2.32. The molecule has 0 bridgehead atoms. The predicted molar refractivity (Wildman–Crippen MR) is 73.0 cm³/mol. The summed E-state index contributed by atoms with van der Waals surface area (Å²) in [4.78, 5) is 11.6. The fourth-order valence-corrected chi connectivity index (χ4v) is 2.32. The monoisotopic (exact) mass is 263 g/mol. The van der Waals surface area contributed by atoms with E-state index in [0.717, 1.165) is 18.6 Å². The van der Waals surface area contributed by atoms with Gasteiger partial charge < -0.3 is 15.2 Å². The average molecular weight is 263 g/mol. The third-order valence-electron chi connectivity index (χ3n) is 3.58. The van der Waals surface area contributed by atoms with E-state index in [0.29, 0.717) is 6.61 Å². The molecule has 104 valence electrons. The van der Waals surface area contributed by atoms with Crippen LogP contribution < -0.4 is 10.5 Å². The summed E-state index contributed by atoms with van der Waals surface area (Å²) in [5, 5.41) is 0. The molecule has 0 unspecified atom stereocenters. The van der Waals surface area contributed by atoms with Crippen molar-refractivity contribution in [3.8, 4) is 5.75 Å². The van der Waals surface area contributed by atoms with Gasteiger partial charge in [-0.3, -0.25) is 4.79 Å². The van der Waals surface area contributed by atoms with Crippen LogP contribution in [0.5, 0.6) is 5.75 Å². The number of nitrogens with two attached hydrogens (primary N) is 1. The van der Waals surface area contributed by atoms with Crippen LogP contribution in [-0.4, -0.2) is 19.7 Å². The van der Waals surface area contributed by atoms with E-state index in [1.807, 2.05) is 32.0 Å². The number of methoxy groups -OCH3 is 1. The van der Waals surface area contributed by atoms with Gasteiger partial charge in [0.2, 0.25) is 0 Å². The third kappa shape index (κ3) is 2.89. The summed E-state index contributed by atoms with van der Waals surface area (Å²) in [7, 11) is 1.39. The van der Waals surface area contributed by atoms with Crippen LogP contribution in [0.2, 0.25) is 0 Å². The molecule has 0 aliphatic heterocycles. The van der Waals surface area contributed by atoms with Crippen LogP contribution in [0.25, 0.3) is 0 Å². The van der Waals surface area contributed by atoms with Crippen LogP contribution in [0.15, 0.2) is 18.2 Å². The Kier molecular flexibility index (Phi) is 3.80. The Morgan fingerprint density at radius 3 is 2.89 bits per heavy atom. The minimum absolute atomic E-state index is 0.149. The molecule has 2 N–H and O–H groups in total. The molecule has 1 aliphatic carbocycles. The van der Waals surface area contributed by atoms with Crippen molar-refractivity contribution in [1.29, 1.82) is 0 Å². The summed E-state index contributed by atoms with van der Waals surface area (Å²) in [5.41, 5.74) is 7.81. The Balaban J connectivity index is 2.03. The molecule has 0 radical (unpaired) electrons. The largest absolute Gasteiger partial charge is 0.492 e. The first kappa shape index (κ1) is 13.9. The van der Waals surface area contributed by atoms with E-state index < -0.39 is 5.41 Å². The molecule has 2 rings (SSSR count). The summed E-state index contributed by atoms with van der Waals surface area (Å²) in [5.74, 6) is 0.514. The topological polar surface area (TPSA) is 61.5 Å². The van der Waals surface area contributed by atoms with Crippen LogP contribution >= 0.6 is 0 Å². The first-order valence-corrected chi connectivity index (χ1v) is 6.53. The van der Waals surface area contributed by atoms with Gasteiger partial charge in [0, 0.05) is 6.04 Å². The second kappa shape index (κ2) is 5.21. The number of hydrogen-bond acceptors (Lipinski definition) is 4. The quantitative estimate of drug-likeness (QED) is 0.846. The van der Waals surface area contributed by atoms with Crippen LogP contribution in [0.4, 0.5) is 0 Å². The Hall–Kier alpha value is -1.55. The van der Waals surface area contributed by atoms with Gasteiger partial charge in [0.25, 0.3) is 0 Å². The second-order valence-corrected chi connectivity index (χ2v) is 5.67. The summed E-state index contributed by atoms with van der Waals surface area (Å²) in [6.45, 7) is 3.91. The average Bonchev–Trinajstić information content (AvgIpc) is 2.77. The van der Waals surface area contributed by atoms with E-state index >= 15 is 0 Å². The van der Waals surface area contributed by atoms with Crippen molar-refractivity contribution < 1.29 is 14.3 Å². The van der Waals surface area contributed by atoms with E-state index in [9.17, 15) is 4.79 Å². The van der Waals surface area contributed by atoms with Gasteiger partial charge in [0.15, 0.2) is 0 Å². The number of benzene rings is 1. The number of fused-ring (bicyclic) bond motifs is 1. The lowest BCUT2D eigenvalue weighted by atomic mass is 9.95. The summed E-state index contributed by atoms with van der Waals surface area (Å²) in [6.07, 6.45) is 1.99. The van der Waals surface area contributed by atoms with Crippen LogP contribution in [0, 0.1) is 5.41 Å². The zero-order valence-corrected chi connectivity index (χ0v) is 11.7. The Morgan fingerprint density at radius 2 is 2.21 bits per heavy atom. The zero-order valence-electron chi connectivity index (χ0n) is 11.7. The minimum Gasteiger partial charge on any atom is -0.492 e. The van der Waals surface area contributed by atoms with Gasteiger partial charge >= 0.3 is 5.97 Å². The number of ether oxygens (including phenoxy) is 2. The van der Waals surface area contributed by atoms with Gasteiger partial charge in [-0.25, -0.2) is 0 Å². The van der Waals surface area contributed by atoms with Gasteiger partial charge in [-0.15, -0.1) is 0 Å². The molecule has 4 heteroatoms. The maximum absolute atomic E-state index is 11.6. The molecular formula is C15H21NO3. The molecule has 0 fully saturated rings. The molecule has 1 aromatic carbocycles.